The Kier molecular flexibility index (Phi) is 6.57. The van der Waals surface area contributed by atoms with Crippen molar-refractivity contribution < 1.29 is 9.53 Å². The van der Waals surface area contributed by atoms with Crippen molar-refractivity contribution in [2.24, 2.45) is 62.6 Å². The van der Waals surface area contributed by atoms with Gasteiger partial charge < -0.3 is 4.74 Å². The maximum Gasteiger partial charge on any atom is 0.164 e. The van der Waals surface area contributed by atoms with Crippen molar-refractivity contribution in [2.45, 2.75) is 113 Å². The Balaban J connectivity index is 1.38. The number of benzene rings is 1. The minimum atomic E-state index is -0.316. The van der Waals surface area contributed by atoms with Crippen LogP contribution in [0.2, 0.25) is 0 Å². The molecule has 5 aliphatic carbocycles. The highest BCUT2D eigenvalue weighted by molar-refractivity contribution is 6.04. The van der Waals surface area contributed by atoms with E-state index in [1.807, 2.05) is 12.1 Å². The molecule has 9 atom stereocenters. The van der Waals surface area contributed by atoms with Crippen molar-refractivity contribution >= 4 is 11.9 Å². The van der Waals surface area contributed by atoms with Gasteiger partial charge in [0, 0.05) is 5.41 Å². The average molecular weight is 545 g/mol. The number of carbonyl (C=O) groups is 1. The fraction of sp³-hybridized carbons (Fsp3) is 0.763. The van der Waals surface area contributed by atoms with Gasteiger partial charge in [-0.25, -0.2) is 0 Å². The molecule has 5 aliphatic rings. The molecule has 5 fully saturated rings. The molecule has 40 heavy (non-hydrogen) atoms. The second-order valence-electron chi connectivity index (χ2n) is 17.0. The van der Waals surface area contributed by atoms with E-state index >= 15 is 0 Å². The maximum absolute atomic E-state index is 14.1. The Bertz CT molecular complexity index is 1190. The second-order valence-corrected chi connectivity index (χ2v) is 17.0. The lowest BCUT2D eigenvalue weighted by Crippen LogP contribution is -2.66. The first-order valence-corrected chi connectivity index (χ1v) is 16.6. The third-order valence-electron chi connectivity index (χ3n) is 14.8. The number of carbonyl (C=O) groups excluding carboxylic acids is 1. The molecule has 1 aromatic rings. The molecular formula is C38H56O2. The van der Waals surface area contributed by atoms with Crippen molar-refractivity contribution in [3.8, 4) is 5.75 Å². The van der Waals surface area contributed by atoms with Gasteiger partial charge >= 0.3 is 0 Å². The van der Waals surface area contributed by atoms with Crippen LogP contribution in [0.4, 0.5) is 0 Å². The van der Waals surface area contributed by atoms with E-state index in [2.05, 4.69) is 73.6 Å². The minimum Gasteiger partial charge on any atom is -0.497 e. The number of ether oxygens (including phenoxy) is 1. The molecule has 0 aromatic heterocycles. The van der Waals surface area contributed by atoms with Crippen LogP contribution in [0.15, 0.2) is 29.8 Å². The van der Waals surface area contributed by atoms with E-state index in [-0.39, 0.29) is 10.8 Å². The molecule has 0 bridgehead atoms. The number of ketones is 1. The van der Waals surface area contributed by atoms with E-state index in [1.165, 1.54) is 51.4 Å². The van der Waals surface area contributed by atoms with Gasteiger partial charge in [0.25, 0.3) is 0 Å². The number of methoxy groups -OCH3 is 1. The fourth-order valence-electron chi connectivity index (χ4n) is 12.6. The van der Waals surface area contributed by atoms with Gasteiger partial charge in [-0.2, -0.15) is 0 Å². The lowest BCUT2D eigenvalue weighted by molar-refractivity contribution is -0.230. The Morgan fingerprint density at radius 1 is 0.825 bits per heavy atom. The normalized spacial score (nSPS) is 46.9. The summed E-state index contributed by atoms with van der Waals surface area (Å²) in [6.07, 6.45) is 14.1. The molecule has 5 saturated carbocycles. The van der Waals surface area contributed by atoms with E-state index in [9.17, 15) is 4.79 Å². The summed E-state index contributed by atoms with van der Waals surface area (Å²) in [6.45, 7) is 20.3. The molecule has 0 N–H and O–H groups in total. The van der Waals surface area contributed by atoms with Crippen LogP contribution in [0.5, 0.6) is 5.75 Å². The van der Waals surface area contributed by atoms with Crippen LogP contribution >= 0.6 is 0 Å². The largest absolute Gasteiger partial charge is 0.497 e. The summed E-state index contributed by atoms with van der Waals surface area (Å²) in [6, 6.07) is 8.23. The van der Waals surface area contributed by atoms with Gasteiger partial charge in [0.1, 0.15) is 5.75 Å². The van der Waals surface area contributed by atoms with Crippen LogP contribution in [0.3, 0.4) is 0 Å². The molecule has 2 nitrogen and oxygen atoms in total. The lowest BCUT2D eigenvalue weighted by Gasteiger charge is -2.72. The molecule has 0 unspecified atom stereocenters. The van der Waals surface area contributed by atoms with Gasteiger partial charge in [-0.05, 0) is 144 Å². The number of Topliss-reactive ketones (excluding diaryl/α,β-unsaturated/α-hetero) is 1. The number of hydrogen-bond acceptors (Lipinski definition) is 2. The summed E-state index contributed by atoms with van der Waals surface area (Å²) in [5.74, 6) is 5.82. The zero-order valence-electron chi connectivity index (χ0n) is 27.0. The van der Waals surface area contributed by atoms with Crippen LogP contribution in [0.25, 0.3) is 6.08 Å². The maximum atomic E-state index is 14.1. The number of allylic oxidation sites excluding steroid dienone is 1. The van der Waals surface area contributed by atoms with Crippen LogP contribution < -0.4 is 4.74 Å². The Morgan fingerprint density at radius 2 is 1.52 bits per heavy atom. The molecular weight excluding hydrogens is 488 g/mol. The highest BCUT2D eigenvalue weighted by Crippen LogP contribution is 2.77. The summed E-state index contributed by atoms with van der Waals surface area (Å²) in [4.78, 5) is 14.1. The molecule has 220 valence electrons. The third kappa shape index (κ3) is 3.75. The van der Waals surface area contributed by atoms with Gasteiger partial charge in [-0.15, -0.1) is 0 Å². The van der Waals surface area contributed by atoms with Crippen molar-refractivity contribution in [1.82, 2.24) is 0 Å². The van der Waals surface area contributed by atoms with Gasteiger partial charge in [-0.1, -0.05) is 67.5 Å². The standard InChI is InChI=1S/C38H56O2/c1-24(2)28-16-18-35(5)20-21-37(7)29(32(28)35)14-15-31-36(6)23-26(22-25-10-12-27(40-9)13-11-25)33(39)34(3,4)30(36)17-19-38(31,37)8/h10-13,22,24,28-32H,14-21,23H2,1-9H3/b26-22-/t28-,29+,30-,31-,32+,35+,36-,37+,38+/m0/s1. The smallest absolute Gasteiger partial charge is 0.164 e. The number of rotatable bonds is 3. The fourth-order valence-corrected chi connectivity index (χ4v) is 12.6. The van der Waals surface area contributed by atoms with E-state index < -0.39 is 0 Å². The molecule has 0 amide bonds. The summed E-state index contributed by atoms with van der Waals surface area (Å²) in [7, 11) is 1.71. The summed E-state index contributed by atoms with van der Waals surface area (Å²) < 4.78 is 5.39. The zero-order valence-corrected chi connectivity index (χ0v) is 27.0. The topological polar surface area (TPSA) is 26.3 Å². The quantitative estimate of drug-likeness (QED) is 0.354. The number of hydrogen-bond donors (Lipinski definition) is 0. The van der Waals surface area contributed by atoms with E-state index in [0.717, 1.165) is 47.0 Å². The van der Waals surface area contributed by atoms with Gasteiger partial charge in [-0.3, -0.25) is 4.79 Å². The molecule has 6 rings (SSSR count). The molecule has 0 aliphatic heterocycles. The van der Waals surface area contributed by atoms with E-state index in [0.29, 0.717) is 33.9 Å². The second kappa shape index (κ2) is 9.21. The van der Waals surface area contributed by atoms with Crippen molar-refractivity contribution in [2.75, 3.05) is 7.11 Å². The molecule has 1 aromatic carbocycles. The highest BCUT2D eigenvalue weighted by Gasteiger charge is 2.70. The first kappa shape index (κ1) is 28.5. The number of fused-ring (bicyclic) bond motifs is 7. The van der Waals surface area contributed by atoms with Crippen LogP contribution in [0, 0.1) is 62.6 Å². The SMILES string of the molecule is COc1ccc(/C=C2/C[C@@]3(C)[C@@H](CC[C@]4(C)[C@H]3CC[C@@H]3[C@H]5[C@H](C(C)C)CC[C@]5(C)CC[C@]34C)C(C)(C)C2=O)cc1. The Hall–Kier alpha value is -1.57. The van der Waals surface area contributed by atoms with Crippen LogP contribution in [-0.4, -0.2) is 12.9 Å². The monoisotopic (exact) mass is 544 g/mol. The van der Waals surface area contributed by atoms with Gasteiger partial charge in [0.05, 0.1) is 7.11 Å². The molecule has 0 radical (unpaired) electrons. The van der Waals surface area contributed by atoms with Gasteiger partial charge in [0.2, 0.25) is 0 Å². The Labute approximate surface area is 245 Å². The van der Waals surface area contributed by atoms with Gasteiger partial charge in [0.15, 0.2) is 5.78 Å². The minimum absolute atomic E-state index is 0.157. The average Bonchev–Trinajstić information content (AvgIpc) is 3.26. The van der Waals surface area contributed by atoms with Crippen LogP contribution in [-0.2, 0) is 4.79 Å². The first-order valence-electron chi connectivity index (χ1n) is 16.6. The summed E-state index contributed by atoms with van der Waals surface area (Å²) >= 11 is 0. The first-order chi connectivity index (χ1) is 18.7. The highest BCUT2D eigenvalue weighted by atomic mass is 16.5. The lowest BCUT2D eigenvalue weighted by atomic mass is 9.32. The van der Waals surface area contributed by atoms with Crippen molar-refractivity contribution in [3.63, 3.8) is 0 Å². The molecule has 2 heteroatoms. The van der Waals surface area contributed by atoms with Crippen molar-refractivity contribution in [3.05, 3.63) is 35.4 Å². The van der Waals surface area contributed by atoms with Crippen molar-refractivity contribution in [1.29, 1.82) is 0 Å². The Morgan fingerprint density at radius 3 is 2.17 bits per heavy atom. The predicted molar refractivity (Wildman–Crippen MR) is 166 cm³/mol. The van der Waals surface area contributed by atoms with Crippen LogP contribution in [0.1, 0.15) is 119 Å². The molecule has 0 spiro atoms. The van der Waals surface area contributed by atoms with E-state index in [4.69, 9.17) is 4.74 Å². The summed E-state index contributed by atoms with van der Waals surface area (Å²) in [5, 5.41) is 0. The summed E-state index contributed by atoms with van der Waals surface area (Å²) in [5.41, 5.74) is 3.30. The van der Waals surface area contributed by atoms with E-state index in [1.54, 1.807) is 7.11 Å². The molecule has 0 saturated heterocycles. The zero-order chi connectivity index (χ0) is 28.9. The molecule has 0 heterocycles. The predicted octanol–water partition coefficient (Wildman–Crippen LogP) is 10.0. The third-order valence-corrected chi connectivity index (χ3v) is 14.8.